The highest BCUT2D eigenvalue weighted by atomic mass is 32.2. The van der Waals surface area contributed by atoms with Gasteiger partial charge in [-0.15, -0.1) is 0 Å². The van der Waals surface area contributed by atoms with Crippen LogP contribution >= 0.6 is 0 Å². The Kier molecular flexibility index (Phi) is 4.31. The van der Waals surface area contributed by atoms with Gasteiger partial charge in [-0.05, 0) is 23.8 Å². The van der Waals surface area contributed by atoms with Crippen LogP contribution in [0.15, 0.2) is 36.5 Å². The average Bonchev–Trinajstić information content (AvgIpc) is 3.01. The number of hydrogen-bond donors (Lipinski definition) is 3. The first-order chi connectivity index (χ1) is 11.4. The number of benzene rings is 1. The normalized spacial score (nSPS) is 15.5. The summed E-state index contributed by atoms with van der Waals surface area (Å²) in [6.07, 6.45) is 1.16. The molecule has 2 aromatic rings. The summed E-state index contributed by atoms with van der Waals surface area (Å²) >= 11 is 0. The molecule has 3 rings (SSSR count). The van der Waals surface area contributed by atoms with Crippen molar-refractivity contribution in [1.29, 1.82) is 0 Å². The van der Waals surface area contributed by atoms with Crippen molar-refractivity contribution in [2.24, 2.45) is 5.14 Å². The summed E-state index contributed by atoms with van der Waals surface area (Å²) in [6, 6.07) is 8.84. The van der Waals surface area contributed by atoms with Crippen molar-refractivity contribution in [2.45, 2.75) is 0 Å². The third-order valence-corrected chi connectivity index (χ3v) is 4.82. The number of anilines is 1. The van der Waals surface area contributed by atoms with E-state index in [1.54, 1.807) is 6.07 Å². The van der Waals surface area contributed by atoms with Gasteiger partial charge in [-0.3, -0.25) is 0 Å². The Morgan fingerprint density at radius 3 is 2.54 bits per heavy atom. The summed E-state index contributed by atoms with van der Waals surface area (Å²) in [4.78, 5) is 13.7. The maximum atomic E-state index is 11.6. The summed E-state index contributed by atoms with van der Waals surface area (Å²) in [5.74, 6) is -1.35. The average molecular weight is 350 g/mol. The van der Waals surface area contributed by atoms with Crippen LogP contribution in [0, 0.1) is 0 Å². The molecule has 0 bridgehead atoms. The van der Waals surface area contributed by atoms with Crippen LogP contribution in [0.3, 0.4) is 0 Å². The van der Waals surface area contributed by atoms with Gasteiger partial charge in [0.25, 0.3) is 0 Å². The molecule has 24 heavy (non-hydrogen) atoms. The Bertz CT molecular complexity index is 869. The van der Waals surface area contributed by atoms with Gasteiger partial charge < -0.3 is 15.3 Å². The Labute approximate surface area is 139 Å². The number of carboxylic acids is 1. The molecule has 0 atom stereocenters. The SMILES string of the molecule is NS(=O)(=O)n1ccc(-c2cccc(N3CCNCC3)c2)c1C(=O)O. The molecule has 1 aliphatic rings. The molecule has 0 saturated carbocycles. The highest BCUT2D eigenvalue weighted by Gasteiger charge is 2.23. The lowest BCUT2D eigenvalue weighted by atomic mass is 10.0. The van der Waals surface area contributed by atoms with E-state index in [0.717, 1.165) is 38.1 Å². The first kappa shape index (κ1) is 16.5. The molecule has 9 heteroatoms. The molecule has 0 radical (unpaired) electrons. The topological polar surface area (TPSA) is 118 Å². The van der Waals surface area contributed by atoms with Gasteiger partial charge in [0.2, 0.25) is 0 Å². The number of rotatable bonds is 4. The van der Waals surface area contributed by atoms with Crippen molar-refractivity contribution < 1.29 is 18.3 Å². The van der Waals surface area contributed by atoms with Gasteiger partial charge >= 0.3 is 16.2 Å². The number of aromatic carboxylic acids is 1. The van der Waals surface area contributed by atoms with Crippen LogP contribution in [-0.2, 0) is 10.2 Å². The van der Waals surface area contributed by atoms with E-state index in [1.165, 1.54) is 6.07 Å². The lowest BCUT2D eigenvalue weighted by Crippen LogP contribution is -2.43. The van der Waals surface area contributed by atoms with Gasteiger partial charge in [-0.1, -0.05) is 12.1 Å². The fourth-order valence-electron chi connectivity index (χ4n) is 2.86. The molecule has 0 aliphatic carbocycles. The summed E-state index contributed by atoms with van der Waals surface area (Å²) < 4.78 is 23.7. The van der Waals surface area contributed by atoms with E-state index < -0.39 is 16.2 Å². The van der Waals surface area contributed by atoms with E-state index in [2.05, 4.69) is 10.2 Å². The smallest absolute Gasteiger partial charge is 0.354 e. The highest BCUT2D eigenvalue weighted by Crippen LogP contribution is 2.29. The number of carbonyl (C=O) groups is 1. The Balaban J connectivity index is 2.06. The van der Waals surface area contributed by atoms with Crippen LogP contribution in [0.2, 0.25) is 0 Å². The monoisotopic (exact) mass is 350 g/mol. The fraction of sp³-hybridized carbons (Fsp3) is 0.267. The minimum atomic E-state index is -4.18. The van der Waals surface area contributed by atoms with E-state index in [1.807, 2.05) is 18.2 Å². The highest BCUT2D eigenvalue weighted by molar-refractivity contribution is 7.87. The number of hydrogen-bond acceptors (Lipinski definition) is 5. The number of nitrogens with one attached hydrogen (secondary N) is 1. The summed E-state index contributed by atoms with van der Waals surface area (Å²) in [5.41, 5.74) is 1.54. The second-order valence-corrected chi connectivity index (χ2v) is 6.93. The summed E-state index contributed by atoms with van der Waals surface area (Å²) in [7, 11) is -4.18. The predicted octanol–water partition coefficient (Wildman–Crippen LogP) is 0.315. The van der Waals surface area contributed by atoms with Gasteiger partial charge in [0.15, 0.2) is 5.69 Å². The molecule has 1 aromatic carbocycles. The van der Waals surface area contributed by atoms with Crippen molar-refractivity contribution in [3.63, 3.8) is 0 Å². The standard InChI is InChI=1S/C15H18N4O4S/c16-24(22,23)19-7-4-13(14(19)15(20)21)11-2-1-3-12(10-11)18-8-5-17-6-9-18/h1-4,7,10,17H,5-6,8-9H2,(H,20,21)(H2,16,22,23). The quantitative estimate of drug-likeness (QED) is 0.731. The molecule has 1 fully saturated rings. The van der Waals surface area contributed by atoms with E-state index in [0.29, 0.717) is 15.1 Å². The van der Waals surface area contributed by atoms with Crippen LogP contribution in [0.1, 0.15) is 10.5 Å². The fourth-order valence-corrected chi connectivity index (χ4v) is 3.52. The lowest BCUT2D eigenvalue weighted by Gasteiger charge is -2.29. The maximum absolute atomic E-state index is 11.6. The minimum absolute atomic E-state index is 0.313. The van der Waals surface area contributed by atoms with Crippen LogP contribution in [0.4, 0.5) is 5.69 Å². The van der Waals surface area contributed by atoms with Crippen LogP contribution in [0.25, 0.3) is 11.1 Å². The van der Waals surface area contributed by atoms with Crippen molar-refractivity contribution >= 4 is 21.9 Å². The zero-order chi connectivity index (χ0) is 17.3. The molecule has 1 aliphatic heterocycles. The van der Waals surface area contributed by atoms with E-state index >= 15 is 0 Å². The molecule has 1 saturated heterocycles. The number of nitrogens with zero attached hydrogens (tertiary/aromatic N) is 2. The number of aromatic nitrogens is 1. The van der Waals surface area contributed by atoms with Gasteiger partial charge in [-0.2, -0.15) is 8.42 Å². The van der Waals surface area contributed by atoms with Crippen molar-refractivity contribution in [3.05, 3.63) is 42.2 Å². The van der Waals surface area contributed by atoms with Gasteiger partial charge in [0, 0.05) is 43.6 Å². The molecule has 0 amide bonds. The predicted molar refractivity (Wildman–Crippen MR) is 90.4 cm³/mol. The second-order valence-electron chi connectivity index (χ2n) is 5.51. The largest absolute Gasteiger partial charge is 0.477 e. The Hall–Kier alpha value is -2.36. The maximum Gasteiger partial charge on any atom is 0.354 e. The first-order valence-corrected chi connectivity index (χ1v) is 8.92. The molecular formula is C15H18N4O4S. The van der Waals surface area contributed by atoms with Crippen LogP contribution in [-0.4, -0.2) is 49.6 Å². The summed E-state index contributed by atoms with van der Waals surface area (Å²) in [6.45, 7) is 3.47. The van der Waals surface area contributed by atoms with Crippen molar-refractivity contribution in [1.82, 2.24) is 9.29 Å². The van der Waals surface area contributed by atoms with Gasteiger partial charge in [-0.25, -0.2) is 13.9 Å². The summed E-state index contributed by atoms with van der Waals surface area (Å²) in [5, 5.41) is 17.8. The third kappa shape index (κ3) is 3.14. The van der Waals surface area contributed by atoms with Gasteiger partial charge in [0.1, 0.15) is 0 Å². The zero-order valence-corrected chi connectivity index (χ0v) is 13.7. The van der Waals surface area contributed by atoms with Crippen LogP contribution < -0.4 is 15.4 Å². The number of carboxylic acid groups (broad SMARTS) is 1. The second kappa shape index (κ2) is 6.27. The Morgan fingerprint density at radius 1 is 1.21 bits per heavy atom. The molecule has 2 heterocycles. The van der Waals surface area contributed by atoms with Gasteiger partial charge in [0.05, 0.1) is 0 Å². The van der Waals surface area contributed by atoms with E-state index in [9.17, 15) is 18.3 Å². The van der Waals surface area contributed by atoms with E-state index in [-0.39, 0.29) is 5.69 Å². The van der Waals surface area contributed by atoms with Crippen molar-refractivity contribution in [2.75, 3.05) is 31.1 Å². The van der Waals surface area contributed by atoms with Crippen molar-refractivity contribution in [3.8, 4) is 11.1 Å². The molecule has 4 N–H and O–H groups in total. The molecule has 8 nitrogen and oxygen atoms in total. The molecular weight excluding hydrogens is 332 g/mol. The number of piperazine rings is 1. The number of nitrogens with two attached hydrogens (primary N) is 1. The third-order valence-electron chi connectivity index (χ3n) is 3.97. The van der Waals surface area contributed by atoms with E-state index in [4.69, 9.17) is 5.14 Å². The van der Waals surface area contributed by atoms with Crippen LogP contribution in [0.5, 0.6) is 0 Å². The Morgan fingerprint density at radius 2 is 1.92 bits per heavy atom. The molecule has 1 aromatic heterocycles. The molecule has 0 spiro atoms. The molecule has 0 unspecified atom stereocenters. The zero-order valence-electron chi connectivity index (χ0n) is 12.8. The first-order valence-electron chi connectivity index (χ1n) is 7.42. The molecule has 128 valence electrons. The lowest BCUT2D eigenvalue weighted by molar-refractivity contribution is 0.0690. The minimum Gasteiger partial charge on any atom is -0.477 e.